The molecule has 0 unspecified atom stereocenters. The lowest BCUT2D eigenvalue weighted by Crippen LogP contribution is -2.07. The molecule has 1 aliphatic carbocycles. The lowest BCUT2D eigenvalue weighted by atomic mass is 10.1. The molecule has 5 heteroatoms. The van der Waals surface area contributed by atoms with Crippen molar-refractivity contribution in [2.75, 3.05) is 6.61 Å². The van der Waals surface area contributed by atoms with Crippen molar-refractivity contribution in [3.8, 4) is 0 Å². The Labute approximate surface area is 85.6 Å². The summed E-state index contributed by atoms with van der Waals surface area (Å²) in [5.41, 5.74) is -0.278. The van der Waals surface area contributed by atoms with Gasteiger partial charge >= 0.3 is 6.18 Å². The number of hydrogen-bond acceptors (Lipinski definition) is 1. The molecule has 0 aromatic heterocycles. The Morgan fingerprint density at radius 2 is 2.00 bits per heavy atom. The predicted molar refractivity (Wildman–Crippen MR) is 47.8 cm³/mol. The van der Waals surface area contributed by atoms with Crippen LogP contribution in [0.25, 0.3) is 0 Å². The quantitative estimate of drug-likeness (QED) is 0.771. The van der Waals surface area contributed by atoms with E-state index in [0.717, 1.165) is 6.08 Å². The largest absolute Gasteiger partial charge is 0.426 e. The van der Waals surface area contributed by atoms with Crippen LogP contribution in [0.4, 0.5) is 13.2 Å². The van der Waals surface area contributed by atoms with E-state index in [1.165, 1.54) is 0 Å². The van der Waals surface area contributed by atoms with E-state index in [1.807, 2.05) is 13.8 Å². The Bertz CT molecular complexity index is 257. The summed E-state index contributed by atoms with van der Waals surface area (Å²) in [7, 11) is 0. The van der Waals surface area contributed by atoms with Gasteiger partial charge in [-0.2, -0.15) is 13.2 Å². The Hall–Kier alpha value is -0.220. The molecule has 0 bridgehead atoms. The minimum Gasteiger partial charge on any atom is -0.396 e. The van der Waals surface area contributed by atoms with Gasteiger partial charge in [0.25, 0.3) is 0 Å². The van der Waals surface area contributed by atoms with Gasteiger partial charge in [0, 0.05) is 6.61 Å². The number of aliphatic hydroxyl groups is 1. The van der Waals surface area contributed by atoms with Crippen LogP contribution >= 0.6 is 11.6 Å². The molecule has 0 aromatic carbocycles. The fraction of sp³-hybridized carbons (Fsp3) is 0.778. The molecular weight excluding hydrogens is 217 g/mol. The maximum Gasteiger partial charge on any atom is 0.426 e. The molecule has 1 saturated carbocycles. The summed E-state index contributed by atoms with van der Waals surface area (Å²) < 4.78 is 36.2. The van der Waals surface area contributed by atoms with Gasteiger partial charge in [0.05, 0.1) is 0 Å². The molecule has 14 heavy (non-hydrogen) atoms. The van der Waals surface area contributed by atoms with Crippen LogP contribution in [-0.2, 0) is 0 Å². The van der Waals surface area contributed by atoms with E-state index in [4.69, 9.17) is 16.7 Å². The van der Waals surface area contributed by atoms with Crippen molar-refractivity contribution >= 4 is 11.6 Å². The van der Waals surface area contributed by atoms with Gasteiger partial charge in [0.15, 0.2) is 0 Å². The highest BCUT2D eigenvalue weighted by atomic mass is 35.5. The molecule has 1 nitrogen and oxygen atoms in total. The molecule has 0 spiro atoms. The molecule has 0 heterocycles. The van der Waals surface area contributed by atoms with Crippen LogP contribution < -0.4 is 0 Å². The second-order valence-electron chi connectivity index (χ2n) is 4.15. The van der Waals surface area contributed by atoms with E-state index in [-0.39, 0.29) is 23.9 Å². The summed E-state index contributed by atoms with van der Waals surface area (Å²) in [5, 5.41) is 7.78. The van der Waals surface area contributed by atoms with E-state index in [2.05, 4.69) is 0 Å². The molecule has 0 saturated heterocycles. The Kier molecular flexibility index (Phi) is 2.89. The average molecular weight is 229 g/mol. The fourth-order valence-corrected chi connectivity index (χ4v) is 1.85. The molecule has 82 valence electrons. The van der Waals surface area contributed by atoms with Gasteiger partial charge in [0.1, 0.15) is 5.03 Å². The molecule has 0 radical (unpaired) electrons. The topological polar surface area (TPSA) is 20.2 Å². The Balaban J connectivity index is 2.72. The normalized spacial score (nSPS) is 31.8. The first-order valence-corrected chi connectivity index (χ1v) is 4.64. The van der Waals surface area contributed by atoms with Gasteiger partial charge in [-0.3, -0.25) is 0 Å². The van der Waals surface area contributed by atoms with Crippen LogP contribution in [0.3, 0.4) is 0 Å². The first kappa shape index (κ1) is 11.9. The highest BCUT2D eigenvalue weighted by Gasteiger charge is 2.56. The number of hydrogen-bond donors (Lipinski definition) is 1. The van der Waals surface area contributed by atoms with Gasteiger partial charge < -0.3 is 5.11 Å². The lowest BCUT2D eigenvalue weighted by molar-refractivity contribution is -0.0848. The van der Waals surface area contributed by atoms with Crippen molar-refractivity contribution in [2.24, 2.45) is 17.3 Å². The van der Waals surface area contributed by atoms with Gasteiger partial charge in [0.2, 0.25) is 0 Å². The van der Waals surface area contributed by atoms with Crippen LogP contribution in [0, 0.1) is 17.3 Å². The maximum absolute atomic E-state index is 12.1. The molecule has 0 amide bonds. The molecule has 1 rings (SSSR count). The number of allylic oxidation sites excluding steroid dienone is 2. The third-order valence-electron chi connectivity index (χ3n) is 2.93. The van der Waals surface area contributed by atoms with Crippen molar-refractivity contribution in [1.29, 1.82) is 0 Å². The maximum atomic E-state index is 12.1. The van der Waals surface area contributed by atoms with Crippen LogP contribution in [0.2, 0.25) is 0 Å². The Morgan fingerprint density at radius 3 is 2.29 bits per heavy atom. The number of alkyl halides is 3. The van der Waals surface area contributed by atoms with Crippen molar-refractivity contribution in [1.82, 2.24) is 0 Å². The second kappa shape index (κ2) is 3.42. The summed E-state index contributed by atoms with van der Waals surface area (Å²) in [5.74, 6) is -0.389. The molecule has 2 atom stereocenters. The van der Waals surface area contributed by atoms with Crippen molar-refractivity contribution in [3.05, 3.63) is 11.1 Å². The van der Waals surface area contributed by atoms with Gasteiger partial charge in [-0.15, -0.1) is 0 Å². The van der Waals surface area contributed by atoms with E-state index >= 15 is 0 Å². The predicted octanol–water partition coefficient (Wildman–Crippen LogP) is 2.94. The zero-order chi connectivity index (χ0) is 11.1. The number of rotatable bonds is 2. The standard InChI is InChI=1S/C9H12ClF3O/c1-8(2)5(6(8)4-14)3-7(10)9(11,12)13/h3,5-6,14H,4H2,1-2H3/b7-3-/t5-,6-/m1/s1. The Morgan fingerprint density at radius 1 is 1.50 bits per heavy atom. The zero-order valence-corrected chi connectivity index (χ0v) is 8.65. The van der Waals surface area contributed by atoms with E-state index in [9.17, 15) is 13.2 Å². The van der Waals surface area contributed by atoms with Crippen LogP contribution in [-0.4, -0.2) is 17.9 Å². The van der Waals surface area contributed by atoms with Gasteiger partial charge in [-0.05, 0) is 17.3 Å². The van der Waals surface area contributed by atoms with E-state index in [0.29, 0.717) is 0 Å². The molecular formula is C9H12ClF3O. The third-order valence-corrected chi connectivity index (χ3v) is 3.27. The monoisotopic (exact) mass is 228 g/mol. The summed E-state index contributed by atoms with van der Waals surface area (Å²) in [4.78, 5) is 0. The van der Waals surface area contributed by atoms with Crippen molar-refractivity contribution in [2.45, 2.75) is 20.0 Å². The highest BCUT2D eigenvalue weighted by molar-refractivity contribution is 6.30. The summed E-state index contributed by atoms with van der Waals surface area (Å²) in [6, 6.07) is 0. The lowest BCUT2D eigenvalue weighted by Gasteiger charge is -2.04. The average Bonchev–Trinajstić information content (AvgIpc) is 2.51. The summed E-state index contributed by atoms with van der Waals surface area (Å²) in [6.07, 6.45) is -3.47. The second-order valence-corrected chi connectivity index (χ2v) is 4.56. The summed E-state index contributed by atoms with van der Waals surface area (Å²) >= 11 is 5.10. The minimum absolute atomic E-state index is 0.101. The van der Waals surface area contributed by atoms with E-state index in [1.54, 1.807) is 0 Å². The summed E-state index contributed by atoms with van der Waals surface area (Å²) in [6.45, 7) is 3.53. The zero-order valence-electron chi connectivity index (χ0n) is 7.90. The third kappa shape index (κ3) is 2.06. The first-order chi connectivity index (χ1) is 6.21. The highest BCUT2D eigenvalue weighted by Crippen LogP contribution is 2.59. The van der Waals surface area contributed by atoms with Crippen LogP contribution in [0.15, 0.2) is 11.1 Å². The van der Waals surface area contributed by atoms with Gasteiger partial charge in [-0.1, -0.05) is 31.5 Å². The smallest absolute Gasteiger partial charge is 0.396 e. The van der Waals surface area contributed by atoms with Gasteiger partial charge in [-0.25, -0.2) is 0 Å². The van der Waals surface area contributed by atoms with Crippen molar-refractivity contribution < 1.29 is 18.3 Å². The number of halogens is 4. The van der Waals surface area contributed by atoms with E-state index < -0.39 is 11.2 Å². The minimum atomic E-state index is -4.47. The van der Waals surface area contributed by atoms with Crippen molar-refractivity contribution in [3.63, 3.8) is 0 Å². The molecule has 0 aromatic rings. The first-order valence-electron chi connectivity index (χ1n) is 4.26. The molecule has 1 aliphatic rings. The molecule has 0 aliphatic heterocycles. The molecule has 1 fully saturated rings. The van der Waals surface area contributed by atoms with Crippen LogP contribution in [0.1, 0.15) is 13.8 Å². The SMILES string of the molecule is CC1(C)[C@H](/C=C(\Cl)C(F)(F)F)[C@H]1CO. The number of aliphatic hydroxyl groups excluding tert-OH is 1. The van der Waals surface area contributed by atoms with Crippen LogP contribution in [0.5, 0.6) is 0 Å². The molecule has 1 N–H and O–H groups in total. The fourth-order valence-electron chi connectivity index (χ4n) is 1.72.